The Balaban J connectivity index is 0.000000239. The summed E-state index contributed by atoms with van der Waals surface area (Å²) >= 11 is 0. The van der Waals surface area contributed by atoms with Gasteiger partial charge in [0.05, 0.1) is 63.0 Å². The summed E-state index contributed by atoms with van der Waals surface area (Å²) in [6.45, 7) is 11.0. The third-order valence-electron chi connectivity index (χ3n) is 13.1. The Morgan fingerprint density at radius 1 is 0.259 bits per heavy atom. The molecule has 0 bridgehead atoms. The molecule has 81 heavy (non-hydrogen) atoms. The molecule has 2 unspecified atom stereocenters. The van der Waals surface area contributed by atoms with Gasteiger partial charge in [0.15, 0.2) is 0 Å². The van der Waals surface area contributed by atoms with E-state index in [4.69, 9.17) is 33.2 Å². The summed E-state index contributed by atoms with van der Waals surface area (Å²) in [4.78, 5) is 0. The van der Waals surface area contributed by atoms with Crippen molar-refractivity contribution >= 4 is 0 Å². The van der Waals surface area contributed by atoms with Crippen LogP contribution in [-0.4, -0.2) is 60.0 Å². The van der Waals surface area contributed by atoms with Gasteiger partial charge in [-0.3, -0.25) is 0 Å². The maximum absolute atomic E-state index is 9.55. The van der Waals surface area contributed by atoms with Crippen LogP contribution >= 0.6 is 0 Å². The lowest BCUT2D eigenvalue weighted by atomic mass is 9.73. The lowest BCUT2D eigenvalue weighted by Crippen LogP contribution is -2.15. The van der Waals surface area contributed by atoms with Crippen LogP contribution in [0, 0.1) is 6.92 Å². The van der Waals surface area contributed by atoms with Gasteiger partial charge in [-0.05, 0) is 148 Å². The van der Waals surface area contributed by atoms with E-state index < -0.39 is 0 Å². The van der Waals surface area contributed by atoms with Gasteiger partial charge in [-0.15, -0.1) is 0 Å². The number of hydrogen-bond donors (Lipinski definition) is 2. The molecular formula is C72H84O9. The first-order chi connectivity index (χ1) is 39.3. The van der Waals surface area contributed by atoms with Crippen molar-refractivity contribution in [2.24, 2.45) is 0 Å². The molecule has 0 amide bonds. The predicted molar refractivity (Wildman–Crippen MR) is 332 cm³/mol. The molecule has 0 aliphatic heterocycles. The van der Waals surface area contributed by atoms with Gasteiger partial charge in [0, 0.05) is 11.8 Å². The van der Waals surface area contributed by atoms with Crippen molar-refractivity contribution in [3.8, 4) is 40.2 Å². The molecule has 0 spiro atoms. The van der Waals surface area contributed by atoms with Crippen LogP contribution in [0.15, 0.2) is 231 Å². The van der Waals surface area contributed by atoms with Crippen molar-refractivity contribution in [1.29, 1.82) is 0 Å². The summed E-state index contributed by atoms with van der Waals surface area (Å²) in [6, 6.07) is 76.8. The SMILES string of the molecule is CC(C)c1ccccc1.CC(C)c1ccccc1.COc1ccc(C(c2ccc(CO)cc2)C(c2ccc(C)cc2)c2ccc(CO)cc2)cc1.COc1ccc(OC)cc1.COc1ccc(OC)cc1.COc1ccc(OC)cc1. The first kappa shape index (κ1) is 65.0. The number of aliphatic hydroxyl groups excluding tert-OH is 2. The largest absolute Gasteiger partial charge is 0.497 e. The molecule has 426 valence electrons. The number of rotatable bonds is 16. The van der Waals surface area contributed by atoms with Crippen molar-refractivity contribution in [2.75, 3.05) is 49.8 Å². The van der Waals surface area contributed by atoms with Crippen LogP contribution in [0.3, 0.4) is 0 Å². The van der Waals surface area contributed by atoms with Crippen LogP contribution in [0.4, 0.5) is 0 Å². The van der Waals surface area contributed by atoms with E-state index in [0.29, 0.717) is 11.8 Å². The number of hydrogen-bond acceptors (Lipinski definition) is 9. The molecule has 2 N–H and O–H groups in total. The second kappa shape index (κ2) is 36.6. The minimum absolute atomic E-state index is 0.0253. The molecule has 9 rings (SSSR count). The lowest BCUT2D eigenvalue weighted by Gasteiger charge is -2.30. The van der Waals surface area contributed by atoms with Crippen molar-refractivity contribution in [1.82, 2.24) is 0 Å². The fraction of sp³-hybridized carbons (Fsp3) is 0.250. The molecule has 0 fully saturated rings. The van der Waals surface area contributed by atoms with Crippen LogP contribution < -0.4 is 33.2 Å². The molecule has 0 saturated heterocycles. The fourth-order valence-corrected chi connectivity index (χ4v) is 8.21. The highest BCUT2D eigenvalue weighted by molar-refractivity contribution is 5.47. The molecule has 9 nitrogen and oxygen atoms in total. The van der Waals surface area contributed by atoms with Crippen LogP contribution in [0.5, 0.6) is 40.2 Å². The van der Waals surface area contributed by atoms with Crippen molar-refractivity contribution in [3.63, 3.8) is 0 Å². The molecule has 0 aliphatic carbocycles. The Labute approximate surface area is 483 Å². The molecule has 9 aromatic carbocycles. The average Bonchev–Trinajstić information content (AvgIpc) is 3.55. The van der Waals surface area contributed by atoms with Gasteiger partial charge in [0.1, 0.15) is 40.2 Å². The van der Waals surface area contributed by atoms with Gasteiger partial charge in [-0.1, -0.05) is 179 Å². The molecule has 0 radical (unpaired) electrons. The van der Waals surface area contributed by atoms with E-state index >= 15 is 0 Å². The van der Waals surface area contributed by atoms with E-state index in [1.807, 2.05) is 121 Å². The van der Waals surface area contributed by atoms with Gasteiger partial charge >= 0.3 is 0 Å². The van der Waals surface area contributed by atoms with Crippen LogP contribution in [-0.2, 0) is 13.2 Å². The van der Waals surface area contributed by atoms with E-state index in [2.05, 4.69) is 144 Å². The predicted octanol–water partition coefficient (Wildman–Crippen LogP) is 16.7. The zero-order chi connectivity index (χ0) is 58.8. The van der Waals surface area contributed by atoms with Crippen LogP contribution in [0.1, 0.15) is 101 Å². The third-order valence-corrected chi connectivity index (χ3v) is 13.1. The highest BCUT2D eigenvalue weighted by atomic mass is 16.5. The number of aliphatic hydroxyl groups is 2. The van der Waals surface area contributed by atoms with Gasteiger partial charge in [-0.25, -0.2) is 0 Å². The maximum atomic E-state index is 9.55. The topological polar surface area (TPSA) is 105 Å². The summed E-state index contributed by atoms with van der Waals surface area (Å²) < 4.78 is 35.2. The highest BCUT2D eigenvalue weighted by Gasteiger charge is 2.28. The zero-order valence-corrected chi connectivity index (χ0v) is 49.4. The molecule has 2 atom stereocenters. The Morgan fingerprint density at radius 2 is 0.457 bits per heavy atom. The lowest BCUT2D eigenvalue weighted by molar-refractivity contribution is 0.281. The summed E-state index contributed by atoms with van der Waals surface area (Å²) in [7, 11) is 11.5. The Hall–Kier alpha value is -8.50. The minimum atomic E-state index is 0.0253. The standard InChI is InChI=1S/C30H30O3.2C9H12.3C8H10O2/c1-21-3-9-24(10-4-21)29(25-11-5-22(19-31)6-12-25)30(26-13-7-23(20-32)8-14-26)27-15-17-28(33-2)18-16-27;2*1-8(2)9-6-4-3-5-7-9;3*1-9-7-3-5-8(10-2)6-4-7/h3-18,29-32H,19-20H2,1-2H3;2*3-8H,1-2H3;3*3-6H,1-2H3. The normalized spacial score (nSPS) is 10.8. The Morgan fingerprint density at radius 3 is 0.642 bits per heavy atom. The second-order valence-corrected chi connectivity index (χ2v) is 19.2. The molecule has 0 aliphatic rings. The number of ether oxygens (including phenoxy) is 7. The first-order valence-corrected chi connectivity index (χ1v) is 27.1. The molecular weight excluding hydrogens is 1010 g/mol. The molecule has 0 saturated carbocycles. The van der Waals surface area contributed by atoms with Crippen molar-refractivity contribution in [2.45, 2.75) is 71.5 Å². The second-order valence-electron chi connectivity index (χ2n) is 19.2. The molecule has 0 heterocycles. The smallest absolute Gasteiger partial charge is 0.119 e. The Bertz CT molecular complexity index is 2730. The third kappa shape index (κ3) is 22.6. The highest BCUT2D eigenvalue weighted by Crippen LogP contribution is 2.43. The molecule has 0 aromatic heterocycles. The summed E-state index contributed by atoms with van der Waals surface area (Å²) in [5.41, 5.74) is 10.6. The number of methoxy groups -OCH3 is 7. The Kier molecular flexibility index (Phi) is 29.4. The van der Waals surface area contributed by atoms with Crippen molar-refractivity contribution in [3.05, 3.63) is 281 Å². The van der Waals surface area contributed by atoms with E-state index in [-0.39, 0.29) is 25.0 Å². The van der Waals surface area contributed by atoms with E-state index in [9.17, 15) is 10.2 Å². The first-order valence-electron chi connectivity index (χ1n) is 27.1. The summed E-state index contributed by atoms with van der Waals surface area (Å²) in [5.74, 6) is 7.34. The summed E-state index contributed by atoms with van der Waals surface area (Å²) in [5, 5.41) is 19.1. The van der Waals surface area contributed by atoms with Gasteiger partial charge in [0.25, 0.3) is 0 Å². The maximum Gasteiger partial charge on any atom is 0.119 e. The minimum Gasteiger partial charge on any atom is -0.497 e. The monoisotopic (exact) mass is 1090 g/mol. The molecule has 9 heteroatoms. The fourth-order valence-electron chi connectivity index (χ4n) is 8.21. The average molecular weight is 1090 g/mol. The van der Waals surface area contributed by atoms with E-state index in [1.54, 1.807) is 49.8 Å². The van der Waals surface area contributed by atoms with E-state index in [1.165, 1.54) is 38.9 Å². The van der Waals surface area contributed by atoms with Crippen LogP contribution in [0.2, 0.25) is 0 Å². The number of aryl methyl sites for hydroxylation is 1. The zero-order valence-electron chi connectivity index (χ0n) is 49.4. The van der Waals surface area contributed by atoms with Crippen LogP contribution in [0.25, 0.3) is 0 Å². The van der Waals surface area contributed by atoms with Gasteiger partial charge in [-0.2, -0.15) is 0 Å². The van der Waals surface area contributed by atoms with Gasteiger partial charge in [0.2, 0.25) is 0 Å². The quantitative estimate of drug-likeness (QED) is 0.0979. The van der Waals surface area contributed by atoms with E-state index in [0.717, 1.165) is 51.4 Å². The number of benzene rings is 9. The summed E-state index contributed by atoms with van der Waals surface area (Å²) in [6.07, 6.45) is 0. The molecule has 9 aromatic rings. The van der Waals surface area contributed by atoms with Crippen molar-refractivity contribution < 1.29 is 43.4 Å². The van der Waals surface area contributed by atoms with Gasteiger partial charge < -0.3 is 43.4 Å².